The zero-order valence-electron chi connectivity index (χ0n) is 17.0. The van der Waals surface area contributed by atoms with Crippen molar-refractivity contribution in [3.8, 4) is 0 Å². The maximum atomic E-state index is 12.1. The van der Waals surface area contributed by atoms with Gasteiger partial charge in [-0.2, -0.15) is 0 Å². The van der Waals surface area contributed by atoms with E-state index >= 15 is 0 Å². The summed E-state index contributed by atoms with van der Waals surface area (Å²) in [6.07, 6.45) is 0.788. The Bertz CT molecular complexity index is 881. The smallest absolute Gasteiger partial charge is 0.313 e. The second-order valence-electron chi connectivity index (χ2n) is 7.33. The number of hydrogen-bond donors (Lipinski definition) is 2. The van der Waals surface area contributed by atoms with Crippen LogP contribution in [-0.2, 0) is 9.59 Å². The fourth-order valence-electron chi connectivity index (χ4n) is 3.37. The molecule has 2 aromatic rings. The SMILES string of the molecule is Cc1ccc(Cl)cc1NC(=O)C(=O)NCCCN1CCN(c2ccc(Cl)cc2)CC1. The molecule has 1 aliphatic rings. The van der Waals surface area contributed by atoms with Crippen LogP contribution < -0.4 is 15.5 Å². The summed E-state index contributed by atoms with van der Waals surface area (Å²) < 4.78 is 0. The molecule has 2 aromatic carbocycles. The second-order valence-corrected chi connectivity index (χ2v) is 8.20. The number of rotatable bonds is 6. The van der Waals surface area contributed by atoms with Crippen LogP contribution in [0.4, 0.5) is 11.4 Å². The number of hydrogen-bond acceptors (Lipinski definition) is 4. The Labute approximate surface area is 187 Å². The molecule has 1 aliphatic heterocycles. The van der Waals surface area contributed by atoms with Gasteiger partial charge in [0.05, 0.1) is 0 Å². The lowest BCUT2D eigenvalue weighted by Gasteiger charge is -2.36. The van der Waals surface area contributed by atoms with Gasteiger partial charge in [-0.3, -0.25) is 14.5 Å². The second kappa shape index (κ2) is 10.7. The summed E-state index contributed by atoms with van der Waals surface area (Å²) in [5.74, 6) is -1.32. The van der Waals surface area contributed by atoms with E-state index in [2.05, 4.69) is 20.4 Å². The number of nitrogens with one attached hydrogen (secondary N) is 2. The van der Waals surface area contributed by atoms with Gasteiger partial charge in [-0.15, -0.1) is 0 Å². The minimum atomic E-state index is -0.683. The summed E-state index contributed by atoms with van der Waals surface area (Å²) in [5, 5.41) is 6.54. The normalized spacial score (nSPS) is 14.4. The standard InChI is InChI=1S/C22H26Cl2N4O2/c1-16-3-4-18(24)15-20(16)26-22(30)21(29)25-9-2-10-27-11-13-28(14-12-27)19-7-5-17(23)6-8-19/h3-8,15H,2,9-14H2,1H3,(H,25,29)(H,26,30). The molecule has 1 heterocycles. The molecule has 0 saturated carbocycles. The fourth-order valence-corrected chi connectivity index (χ4v) is 3.67. The van der Waals surface area contributed by atoms with Crippen LogP contribution in [0.25, 0.3) is 0 Å². The number of carbonyl (C=O) groups excluding carboxylic acids is 2. The van der Waals surface area contributed by atoms with Crippen LogP contribution in [-0.4, -0.2) is 56.0 Å². The van der Waals surface area contributed by atoms with Crippen molar-refractivity contribution < 1.29 is 9.59 Å². The van der Waals surface area contributed by atoms with E-state index in [0.717, 1.165) is 49.7 Å². The summed E-state index contributed by atoms with van der Waals surface area (Å²) in [4.78, 5) is 28.8. The minimum Gasteiger partial charge on any atom is -0.369 e. The van der Waals surface area contributed by atoms with Crippen LogP contribution in [0.15, 0.2) is 42.5 Å². The van der Waals surface area contributed by atoms with Gasteiger partial charge in [-0.05, 0) is 61.9 Å². The third-order valence-corrected chi connectivity index (χ3v) is 5.64. The van der Waals surface area contributed by atoms with Gasteiger partial charge in [0.25, 0.3) is 0 Å². The molecule has 0 atom stereocenters. The number of piperazine rings is 1. The summed E-state index contributed by atoms with van der Waals surface area (Å²) in [5.41, 5.74) is 2.58. The largest absolute Gasteiger partial charge is 0.369 e. The molecule has 3 rings (SSSR count). The Morgan fingerprint density at radius 2 is 1.60 bits per heavy atom. The highest BCUT2D eigenvalue weighted by atomic mass is 35.5. The monoisotopic (exact) mass is 448 g/mol. The van der Waals surface area contributed by atoms with Crippen molar-refractivity contribution in [2.24, 2.45) is 0 Å². The molecule has 0 bridgehead atoms. The molecule has 2 N–H and O–H groups in total. The van der Waals surface area contributed by atoms with E-state index in [9.17, 15) is 9.59 Å². The molecule has 160 valence electrons. The molecule has 6 nitrogen and oxygen atoms in total. The molecule has 30 heavy (non-hydrogen) atoms. The lowest BCUT2D eigenvalue weighted by Crippen LogP contribution is -2.47. The molecule has 8 heteroatoms. The van der Waals surface area contributed by atoms with Gasteiger partial charge in [0.15, 0.2) is 0 Å². The highest BCUT2D eigenvalue weighted by Crippen LogP contribution is 2.20. The van der Waals surface area contributed by atoms with Crippen molar-refractivity contribution >= 4 is 46.4 Å². The Kier molecular flexibility index (Phi) is 7.96. The van der Waals surface area contributed by atoms with Crippen molar-refractivity contribution in [1.82, 2.24) is 10.2 Å². The van der Waals surface area contributed by atoms with Crippen LogP contribution >= 0.6 is 23.2 Å². The van der Waals surface area contributed by atoms with Crippen molar-refractivity contribution in [3.63, 3.8) is 0 Å². The number of benzene rings is 2. The highest BCUT2D eigenvalue weighted by molar-refractivity contribution is 6.40. The van der Waals surface area contributed by atoms with E-state index in [1.54, 1.807) is 18.2 Å². The van der Waals surface area contributed by atoms with Crippen molar-refractivity contribution in [1.29, 1.82) is 0 Å². The van der Waals surface area contributed by atoms with Crippen LogP contribution in [0, 0.1) is 6.92 Å². The number of halogens is 2. The third kappa shape index (κ3) is 6.36. The van der Waals surface area contributed by atoms with Gasteiger partial charge in [-0.25, -0.2) is 0 Å². The highest BCUT2D eigenvalue weighted by Gasteiger charge is 2.18. The van der Waals surface area contributed by atoms with Gasteiger partial charge < -0.3 is 15.5 Å². The van der Waals surface area contributed by atoms with Crippen LogP contribution in [0.5, 0.6) is 0 Å². The van der Waals surface area contributed by atoms with Crippen LogP contribution in [0.1, 0.15) is 12.0 Å². The maximum absolute atomic E-state index is 12.1. The Morgan fingerprint density at radius 1 is 0.933 bits per heavy atom. The van der Waals surface area contributed by atoms with E-state index in [-0.39, 0.29) is 0 Å². The Morgan fingerprint density at radius 3 is 2.30 bits per heavy atom. The fraction of sp³-hybridized carbons (Fsp3) is 0.364. The van der Waals surface area contributed by atoms with E-state index < -0.39 is 11.8 Å². The van der Waals surface area contributed by atoms with Crippen molar-refractivity contribution in [2.75, 3.05) is 49.5 Å². The topological polar surface area (TPSA) is 64.7 Å². The number of anilines is 2. The van der Waals surface area contributed by atoms with Crippen LogP contribution in [0.3, 0.4) is 0 Å². The number of carbonyl (C=O) groups is 2. The third-order valence-electron chi connectivity index (χ3n) is 5.15. The Hall–Kier alpha value is -2.28. The first-order valence-corrected chi connectivity index (χ1v) is 10.8. The lowest BCUT2D eigenvalue weighted by molar-refractivity contribution is -0.136. The summed E-state index contributed by atoms with van der Waals surface area (Å²) in [6, 6.07) is 13.1. The summed E-state index contributed by atoms with van der Waals surface area (Å²) >= 11 is 11.9. The molecule has 0 radical (unpaired) electrons. The maximum Gasteiger partial charge on any atom is 0.313 e. The van der Waals surface area contributed by atoms with E-state index in [0.29, 0.717) is 17.3 Å². The number of nitrogens with zero attached hydrogens (tertiary/aromatic N) is 2. The first-order chi connectivity index (χ1) is 14.4. The molecule has 1 fully saturated rings. The van der Waals surface area contributed by atoms with Gasteiger partial charge >= 0.3 is 11.8 Å². The van der Waals surface area contributed by atoms with Gasteiger partial charge in [-0.1, -0.05) is 29.3 Å². The van der Waals surface area contributed by atoms with Crippen LogP contribution in [0.2, 0.25) is 10.0 Å². The molecule has 0 aliphatic carbocycles. The number of aryl methyl sites for hydroxylation is 1. The van der Waals surface area contributed by atoms with Crippen molar-refractivity contribution in [2.45, 2.75) is 13.3 Å². The first-order valence-electron chi connectivity index (χ1n) is 10.0. The molecule has 0 unspecified atom stereocenters. The van der Waals surface area contributed by atoms with Gasteiger partial charge in [0, 0.05) is 54.1 Å². The average molecular weight is 449 g/mol. The molecular weight excluding hydrogens is 423 g/mol. The van der Waals surface area contributed by atoms with E-state index in [1.807, 2.05) is 31.2 Å². The average Bonchev–Trinajstić information content (AvgIpc) is 2.74. The zero-order chi connectivity index (χ0) is 21.5. The summed E-state index contributed by atoms with van der Waals surface area (Å²) in [7, 11) is 0. The van der Waals surface area contributed by atoms with Crippen molar-refractivity contribution in [3.05, 3.63) is 58.1 Å². The first kappa shape index (κ1) is 22.4. The molecular formula is C22H26Cl2N4O2. The van der Waals surface area contributed by atoms with Gasteiger partial charge in [0.2, 0.25) is 0 Å². The van der Waals surface area contributed by atoms with E-state index in [4.69, 9.17) is 23.2 Å². The van der Waals surface area contributed by atoms with Gasteiger partial charge in [0.1, 0.15) is 0 Å². The Balaban J connectivity index is 1.34. The number of amides is 2. The molecule has 0 spiro atoms. The predicted octanol–water partition coefficient (Wildman–Crippen LogP) is 3.57. The minimum absolute atomic E-state index is 0.457. The summed E-state index contributed by atoms with van der Waals surface area (Å²) in [6.45, 7) is 7.01. The predicted molar refractivity (Wildman–Crippen MR) is 123 cm³/mol. The molecule has 0 aromatic heterocycles. The molecule has 2 amide bonds. The lowest BCUT2D eigenvalue weighted by atomic mass is 10.2. The molecule has 1 saturated heterocycles. The quantitative estimate of drug-likeness (QED) is 0.523. The zero-order valence-corrected chi connectivity index (χ0v) is 18.5. The van der Waals surface area contributed by atoms with E-state index in [1.165, 1.54) is 5.69 Å².